The van der Waals surface area contributed by atoms with E-state index in [4.69, 9.17) is 9.97 Å². The molecular formula is C49H31N3S. The van der Waals surface area contributed by atoms with Crippen LogP contribution in [0.25, 0.3) is 98.2 Å². The summed E-state index contributed by atoms with van der Waals surface area (Å²) in [7, 11) is 0. The maximum absolute atomic E-state index is 5.14. The molecule has 7 aromatic carbocycles. The number of hydrogen-bond donors (Lipinski definition) is 0. The van der Waals surface area contributed by atoms with Crippen LogP contribution in [0.4, 0.5) is 0 Å². The third-order valence-electron chi connectivity index (χ3n) is 10.0. The van der Waals surface area contributed by atoms with Crippen molar-refractivity contribution in [3.8, 4) is 67.3 Å². The van der Waals surface area contributed by atoms with Gasteiger partial charge in [-0.1, -0.05) is 140 Å². The topological polar surface area (TPSA) is 38.7 Å². The number of pyridine rings is 1. The van der Waals surface area contributed by atoms with Gasteiger partial charge >= 0.3 is 0 Å². The van der Waals surface area contributed by atoms with Gasteiger partial charge in [0.2, 0.25) is 0 Å². The van der Waals surface area contributed by atoms with Crippen molar-refractivity contribution in [2.24, 2.45) is 0 Å². The molecule has 0 aliphatic carbocycles. The smallest absolute Gasteiger partial charge is 0.160 e. The van der Waals surface area contributed by atoms with E-state index in [1.54, 1.807) is 6.20 Å². The fourth-order valence-corrected chi connectivity index (χ4v) is 8.25. The molecule has 0 bridgehead atoms. The molecule has 3 nitrogen and oxygen atoms in total. The number of aromatic nitrogens is 3. The normalized spacial score (nSPS) is 11.4. The van der Waals surface area contributed by atoms with Gasteiger partial charge in [-0.3, -0.25) is 4.98 Å². The Kier molecular flexibility index (Phi) is 7.67. The van der Waals surface area contributed by atoms with E-state index in [-0.39, 0.29) is 0 Å². The number of thiophene rings is 1. The van der Waals surface area contributed by atoms with Crippen molar-refractivity contribution in [3.63, 3.8) is 0 Å². The van der Waals surface area contributed by atoms with E-state index in [1.807, 2.05) is 23.6 Å². The average Bonchev–Trinajstić information content (AvgIpc) is 3.62. The van der Waals surface area contributed by atoms with Crippen LogP contribution in [0.5, 0.6) is 0 Å². The highest BCUT2D eigenvalue weighted by molar-refractivity contribution is 7.25. The predicted molar refractivity (Wildman–Crippen MR) is 223 cm³/mol. The average molecular weight is 694 g/mol. The number of nitrogens with zero attached hydrogens (tertiary/aromatic N) is 3. The van der Waals surface area contributed by atoms with Gasteiger partial charge in [0.25, 0.3) is 0 Å². The summed E-state index contributed by atoms with van der Waals surface area (Å²) in [6.45, 7) is 0. The molecule has 3 aromatic heterocycles. The molecule has 0 atom stereocenters. The van der Waals surface area contributed by atoms with E-state index in [2.05, 4.69) is 175 Å². The van der Waals surface area contributed by atoms with E-state index >= 15 is 0 Å². The van der Waals surface area contributed by atoms with Crippen molar-refractivity contribution in [1.82, 2.24) is 15.0 Å². The highest BCUT2D eigenvalue weighted by Gasteiger charge is 2.13. The van der Waals surface area contributed by atoms with Gasteiger partial charge in [0.1, 0.15) is 0 Å². The summed E-state index contributed by atoms with van der Waals surface area (Å²) in [4.78, 5) is 14.6. The first-order chi connectivity index (χ1) is 26.2. The second-order valence-electron chi connectivity index (χ2n) is 13.3. The summed E-state index contributed by atoms with van der Waals surface area (Å²) in [6, 6.07) is 62.6. The van der Waals surface area contributed by atoms with Crippen LogP contribution in [0.3, 0.4) is 0 Å². The lowest BCUT2D eigenvalue weighted by atomic mass is 9.98. The predicted octanol–water partition coefficient (Wildman–Crippen LogP) is 13.4. The second kappa shape index (κ2) is 13.1. The molecular weight excluding hydrogens is 663 g/mol. The Balaban J connectivity index is 1.02. The van der Waals surface area contributed by atoms with Crippen LogP contribution in [0.1, 0.15) is 0 Å². The minimum Gasteiger partial charge on any atom is -0.264 e. The van der Waals surface area contributed by atoms with Crippen LogP contribution in [0.2, 0.25) is 0 Å². The molecule has 3 heterocycles. The zero-order chi connectivity index (χ0) is 35.1. The third kappa shape index (κ3) is 5.95. The van der Waals surface area contributed by atoms with Crippen molar-refractivity contribution in [1.29, 1.82) is 0 Å². The number of rotatable bonds is 6. The van der Waals surface area contributed by atoms with E-state index in [1.165, 1.54) is 53.2 Å². The molecule has 0 amide bonds. The summed E-state index contributed by atoms with van der Waals surface area (Å²) < 4.78 is 2.63. The Labute approximate surface area is 311 Å². The van der Waals surface area contributed by atoms with Crippen LogP contribution in [0, 0.1) is 0 Å². The molecule has 0 fully saturated rings. The molecule has 0 aliphatic heterocycles. The Bertz CT molecular complexity index is 2910. The molecule has 0 aliphatic rings. The van der Waals surface area contributed by atoms with Crippen LogP contribution in [-0.2, 0) is 0 Å². The lowest BCUT2D eigenvalue weighted by Crippen LogP contribution is -1.96. The zero-order valence-corrected chi connectivity index (χ0v) is 29.5. The molecule has 53 heavy (non-hydrogen) atoms. The van der Waals surface area contributed by atoms with Crippen molar-refractivity contribution in [2.45, 2.75) is 0 Å². The summed E-state index contributed by atoms with van der Waals surface area (Å²) >= 11 is 1.85. The van der Waals surface area contributed by atoms with Gasteiger partial charge in [0, 0.05) is 49.3 Å². The van der Waals surface area contributed by atoms with Crippen molar-refractivity contribution >= 4 is 42.3 Å². The first-order valence-corrected chi connectivity index (χ1v) is 18.6. The Hall–Kier alpha value is -6.75. The monoisotopic (exact) mass is 693 g/mol. The molecule has 10 aromatic rings. The van der Waals surface area contributed by atoms with Gasteiger partial charge < -0.3 is 0 Å². The largest absolute Gasteiger partial charge is 0.264 e. The highest BCUT2D eigenvalue weighted by Crippen LogP contribution is 2.37. The summed E-state index contributed by atoms with van der Waals surface area (Å²) in [5.41, 5.74) is 11.7. The van der Waals surface area contributed by atoms with Gasteiger partial charge in [0.15, 0.2) is 5.82 Å². The number of hydrogen-bond acceptors (Lipinski definition) is 4. The standard InChI is InChI=1S/C49H31N3S/c1-2-7-39-28-40(24-17-32(39)6-1)33-11-18-36(19-12-33)45-30-46(52-49(51-45)38-22-15-35(16-23-38)42-8-5-27-50-31-42)37-20-13-34(14-21-37)41-25-26-48-44(29-41)43-9-3-4-10-47(43)53-48/h1-31H. The lowest BCUT2D eigenvalue weighted by Gasteiger charge is -2.11. The molecule has 0 saturated heterocycles. The van der Waals surface area contributed by atoms with Crippen molar-refractivity contribution < 1.29 is 0 Å². The van der Waals surface area contributed by atoms with E-state index in [0.717, 1.165) is 39.2 Å². The Morgan fingerprint density at radius 3 is 1.58 bits per heavy atom. The van der Waals surface area contributed by atoms with Crippen LogP contribution >= 0.6 is 11.3 Å². The minimum absolute atomic E-state index is 0.688. The highest BCUT2D eigenvalue weighted by atomic mass is 32.1. The maximum atomic E-state index is 5.14. The fraction of sp³-hybridized carbons (Fsp3) is 0. The first kappa shape index (κ1) is 31.0. The molecule has 0 spiro atoms. The SMILES string of the molecule is c1cncc(-c2ccc(-c3nc(-c4ccc(-c5ccc6ccccc6c5)cc4)cc(-c4ccc(-c5ccc6sc7ccccc7c6c5)cc4)n3)cc2)c1. The van der Waals surface area contributed by atoms with Crippen LogP contribution < -0.4 is 0 Å². The van der Waals surface area contributed by atoms with Crippen LogP contribution in [0.15, 0.2) is 188 Å². The molecule has 0 saturated carbocycles. The van der Waals surface area contributed by atoms with E-state index < -0.39 is 0 Å². The van der Waals surface area contributed by atoms with Gasteiger partial charge in [-0.05, 0) is 80.6 Å². The molecule has 248 valence electrons. The van der Waals surface area contributed by atoms with Crippen molar-refractivity contribution in [3.05, 3.63) is 188 Å². The van der Waals surface area contributed by atoms with Gasteiger partial charge in [-0.2, -0.15) is 0 Å². The Morgan fingerprint density at radius 1 is 0.340 bits per heavy atom. The van der Waals surface area contributed by atoms with Gasteiger partial charge in [-0.15, -0.1) is 11.3 Å². The van der Waals surface area contributed by atoms with Crippen molar-refractivity contribution in [2.75, 3.05) is 0 Å². The molecule has 0 unspecified atom stereocenters. The molecule has 10 rings (SSSR count). The molecule has 4 heteroatoms. The summed E-state index contributed by atoms with van der Waals surface area (Å²) in [5, 5.41) is 5.09. The third-order valence-corrected chi connectivity index (χ3v) is 11.2. The first-order valence-electron chi connectivity index (χ1n) is 17.7. The summed E-state index contributed by atoms with van der Waals surface area (Å²) in [6.07, 6.45) is 3.68. The number of fused-ring (bicyclic) bond motifs is 4. The second-order valence-corrected chi connectivity index (χ2v) is 14.4. The van der Waals surface area contributed by atoms with Crippen LogP contribution in [-0.4, -0.2) is 15.0 Å². The van der Waals surface area contributed by atoms with Gasteiger partial charge in [-0.25, -0.2) is 9.97 Å². The van der Waals surface area contributed by atoms with E-state index in [0.29, 0.717) is 5.82 Å². The Morgan fingerprint density at radius 2 is 0.887 bits per heavy atom. The van der Waals surface area contributed by atoms with E-state index in [9.17, 15) is 0 Å². The maximum Gasteiger partial charge on any atom is 0.160 e. The molecule has 0 radical (unpaired) electrons. The number of benzene rings is 7. The fourth-order valence-electron chi connectivity index (χ4n) is 7.16. The zero-order valence-electron chi connectivity index (χ0n) is 28.6. The quantitative estimate of drug-likeness (QED) is 0.174. The molecule has 0 N–H and O–H groups in total. The summed E-state index contributed by atoms with van der Waals surface area (Å²) in [5.74, 6) is 0.688. The minimum atomic E-state index is 0.688. The lowest BCUT2D eigenvalue weighted by molar-refractivity contribution is 1.18. The van der Waals surface area contributed by atoms with Gasteiger partial charge in [0.05, 0.1) is 11.4 Å².